The fourth-order valence-corrected chi connectivity index (χ4v) is 2.24. The monoisotopic (exact) mass is 312 g/mol. The molecule has 0 aliphatic rings. The number of carbonyl (C=O) groups excluding carboxylic acids is 3. The van der Waals surface area contributed by atoms with E-state index in [1.54, 1.807) is 42.5 Å². The van der Waals surface area contributed by atoms with Crippen molar-refractivity contribution in [1.29, 1.82) is 0 Å². The van der Waals surface area contributed by atoms with Gasteiger partial charge >= 0.3 is 11.9 Å². The quantitative estimate of drug-likeness (QED) is 0.641. The average molecular weight is 312 g/mol. The minimum absolute atomic E-state index is 0.117. The first kappa shape index (κ1) is 16.4. The topological polar surface area (TPSA) is 69.7 Å². The highest BCUT2D eigenvalue weighted by Gasteiger charge is 2.14. The van der Waals surface area contributed by atoms with Crippen molar-refractivity contribution < 1.29 is 23.9 Å². The number of ketones is 1. The molecule has 0 radical (unpaired) electrons. The van der Waals surface area contributed by atoms with Crippen LogP contribution >= 0.6 is 0 Å². The van der Waals surface area contributed by atoms with Crippen molar-refractivity contribution in [1.82, 2.24) is 0 Å². The van der Waals surface area contributed by atoms with Crippen LogP contribution in [0.1, 0.15) is 38.0 Å². The Labute approximate surface area is 133 Å². The summed E-state index contributed by atoms with van der Waals surface area (Å²) in [4.78, 5) is 35.0. The smallest absolute Gasteiger partial charge is 0.337 e. The highest BCUT2D eigenvalue weighted by molar-refractivity contribution is 6.03. The summed E-state index contributed by atoms with van der Waals surface area (Å²) in [5.41, 5.74) is 2.57. The van der Waals surface area contributed by atoms with E-state index < -0.39 is 11.9 Å². The van der Waals surface area contributed by atoms with E-state index in [0.29, 0.717) is 27.8 Å². The molecule has 0 N–H and O–H groups in total. The van der Waals surface area contributed by atoms with Crippen LogP contribution in [-0.4, -0.2) is 31.9 Å². The fraction of sp³-hybridized carbons (Fsp3) is 0.167. The van der Waals surface area contributed by atoms with Crippen LogP contribution in [-0.2, 0) is 9.47 Å². The number of benzene rings is 2. The van der Waals surface area contributed by atoms with Crippen LogP contribution < -0.4 is 0 Å². The van der Waals surface area contributed by atoms with E-state index in [-0.39, 0.29) is 5.78 Å². The van der Waals surface area contributed by atoms with Crippen LogP contribution in [0.2, 0.25) is 0 Å². The fourth-order valence-electron chi connectivity index (χ4n) is 2.24. The molecule has 0 unspecified atom stereocenters. The summed E-state index contributed by atoms with van der Waals surface area (Å²) in [6, 6.07) is 11.4. The van der Waals surface area contributed by atoms with E-state index in [1.807, 2.05) is 0 Å². The minimum Gasteiger partial charge on any atom is -0.465 e. The maximum absolute atomic E-state index is 11.8. The lowest BCUT2D eigenvalue weighted by atomic mass is 9.94. The molecule has 5 heteroatoms. The predicted octanol–water partition coefficient (Wildman–Crippen LogP) is 3.13. The molecule has 2 aromatic rings. The van der Waals surface area contributed by atoms with Crippen LogP contribution in [0.15, 0.2) is 42.5 Å². The molecule has 0 spiro atoms. The van der Waals surface area contributed by atoms with Crippen molar-refractivity contribution in [3.63, 3.8) is 0 Å². The van der Waals surface area contributed by atoms with Gasteiger partial charge in [-0.1, -0.05) is 12.1 Å². The van der Waals surface area contributed by atoms with Crippen molar-refractivity contribution >= 4 is 17.7 Å². The number of methoxy groups -OCH3 is 2. The van der Waals surface area contributed by atoms with E-state index in [1.165, 1.54) is 21.1 Å². The summed E-state index contributed by atoms with van der Waals surface area (Å²) in [5.74, 6) is -1.03. The lowest BCUT2D eigenvalue weighted by Gasteiger charge is -2.10. The second kappa shape index (κ2) is 6.87. The van der Waals surface area contributed by atoms with Crippen LogP contribution in [0.3, 0.4) is 0 Å². The van der Waals surface area contributed by atoms with E-state index in [2.05, 4.69) is 4.74 Å². The van der Waals surface area contributed by atoms with Gasteiger partial charge in [0.1, 0.15) is 0 Å². The summed E-state index contributed by atoms with van der Waals surface area (Å²) in [6.07, 6.45) is 0. The molecule has 0 aliphatic heterocycles. The molecule has 0 aromatic heterocycles. The van der Waals surface area contributed by atoms with Crippen molar-refractivity contribution in [2.45, 2.75) is 6.92 Å². The van der Waals surface area contributed by atoms with Gasteiger partial charge < -0.3 is 9.47 Å². The molecule has 0 atom stereocenters. The van der Waals surface area contributed by atoms with Crippen molar-refractivity contribution in [2.75, 3.05) is 14.2 Å². The predicted molar refractivity (Wildman–Crippen MR) is 84.6 cm³/mol. The van der Waals surface area contributed by atoms with Gasteiger partial charge in [0.15, 0.2) is 5.78 Å². The summed E-state index contributed by atoms with van der Waals surface area (Å²) in [6.45, 7) is 1.46. The molecule has 0 saturated carbocycles. The molecule has 0 aliphatic carbocycles. The molecule has 0 bridgehead atoms. The molecule has 2 aromatic carbocycles. The van der Waals surface area contributed by atoms with E-state index in [0.717, 1.165) is 0 Å². The first-order valence-corrected chi connectivity index (χ1v) is 6.90. The van der Waals surface area contributed by atoms with Gasteiger partial charge in [-0.15, -0.1) is 0 Å². The summed E-state index contributed by atoms with van der Waals surface area (Å²) in [5, 5.41) is 0. The molecule has 0 heterocycles. The van der Waals surface area contributed by atoms with Gasteiger partial charge in [0.25, 0.3) is 0 Å². The third-order valence-electron chi connectivity index (χ3n) is 3.44. The van der Waals surface area contributed by atoms with E-state index in [9.17, 15) is 14.4 Å². The molecule has 118 valence electrons. The Hall–Kier alpha value is -2.95. The molecule has 0 saturated heterocycles. The molecular weight excluding hydrogens is 296 g/mol. The maximum Gasteiger partial charge on any atom is 0.337 e. The number of Topliss-reactive ketones (excluding diaryl/α,β-unsaturated/α-hetero) is 1. The summed E-state index contributed by atoms with van der Waals surface area (Å²) < 4.78 is 9.36. The highest BCUT2D eigenvalue weighted by Crippen LogP contribution is 2.26. The van der Waals surface area contributed by atoms with Crippen molar-refractivity contribution in [3.8, 4) is 11.1 Å². The normalized spacial score (nSPS) is 10.0. The number of hydrogen-bond acceptors (Lipinski definition) is 5. The first-order valence-electron chi connectivity index (χ1n) is 6.90. The second-order valence-corrected chi connectivity index (χ2v) is 4.88. The third-order valence-corrected chi connectivity index (χ3v) is 3.44. The number of carbonyl (C=O) groups is 3. The minimum atomic E-state index is -0.479. The van der Waals surface area contributed by atoms with E-state index >= 15 is 0 Å². The number of hydrogen-bond donors (Lipinski definition) is 0. The average Bonchev–Trinajstić information content (AvgIpc) is 2.59. The Morgan fingerprint density at radius 1 is 0.783 bits per heavy atom. The Morgan fingerprint density at radius 3 is 1.83 bits per heavy atom. The van der Waals surface area contributed by atoms with Gasteiger partial charge in [-0.05, 0) is 48.4 Å². The number of ether oxygens (including phenoxy) is 2. The van der Waals surface area contributed by atoms with Gasteiger partial charge in [-0.25, -0.2) is 9.59 Å². The molecular formula is C18H16O5. The summed E-state index contributed by atoms with van der Waals surface area (Å²) >= 11 is 0. The van der Waals surface area contributed by atoms with Gasteiger partial charge in [0.05, 0.1) is 25.3 Å². The molecule has 0 amide bonds. The molecule has 2 rings (SSSR count). The van der Waals surface area contributed by atoms with Crippen molar-refractivity contribution in [3.05, 3.63) is 59.2 Å². The van der Waals surface area contributed by atoms with Gasteiger partial charge in [-0.2, -0.15) is 0 Å². The molecule has 5 nitrogen and oxygen atoms in total. The lowest BCUT2D eigenvalue weighted by molar-refractivity contribution is 0.0592. The molecule has 0 fully saturated rings. The Kier molecular flexibility index (Phi) is 4.91. The van der Waals surface area contributed by atoms with E-state index in [4.69, 9.17) is 4.74 Å². The zero-order valence-corrected chi connectivity index (χ0v) is 13.1. The largest absolute Gasteiger partial charge is 0.465 e. The van der Waals surface area contributed by atoms with Crippen LogP contribution in [0, 0.1) is 0 Å². The Balaban J connectivity index is 2.53. The van der Waals surface area contributed by atoms with Gasteiger partial charge in [0, 0.05) is 5.56 Å². The SMILES string of the molecule is COC(=O)c1ccc(-c2cc(C(=O)OC)ccc2C(C)=O)cc1. The van der Waals surface area contributed by atoms with Gasteiger partial charge in [-0.3, -0.25) is 4.79 Å². The van der Waals surface area contributed by atoms with Gasteiger partial charge in [0.2, 0.25) is 0 Å². The van der Waals surface area contributed by atoms with Crippen molar-refractivity contribution in [2.24, 2.45) is 0 Å². The third kappa shape index (κ3) is 3.45. The maximum atomic E-state index is 11.8. The zero-order chi connectivity index (χ0) is 17.0. The van der Waals surface area contributed by atoms with Crippen LogP contribution in [0.4, 0.5) is 0 Å². The Morgan fingerprint density at radius 2 is 1.30 bits per heavy atom. The lowest BCUT2D eigenvalue weighted by Crippen LogP contribution is -2.04. The number of rotatable bonds is 4. The molecule has 23 heavy (non-hydrogen) atoms. The highest BCUT2D eigenvalue weighted by atomic mass is 16.5. The number of esters is 2. The first-order chi connectivity index (χ1) is 11.0. The van der Waals surface area contributed by atoms with Crippen LogP contribution in [0.5, 0.6) is 0 Å². The Bertz CT molecular complexity index is 759. The van der Waals surface area contributed by atoms with Crippen LogP contribution in [0.25, 0.3) is 11.1 Å². The zero-order valence-electron chi connectivity index (χ0n) is 13.1. The summed E-state index contributed by atoms with van der Waals surface area (Å²) in [7, 11) is 2.61. The second-order valence-electron chi connectivity index (χ2n) is 4.88. The standard InChI is InChI=1S/C18H16O5/c1-11(19)15-9-8-14(18(21)23-3)10-16(15)12-4-6-13(7-5-12)17(20)22-2/h4-10H,1-3H3.